The van der Waals surface area contributed by atoms with Crippen LogP contribution >= 0.6 is 23.5 Å². The van der Waals surface area contributed by atoms with E-state index in [4.69, 9.17) is 10.2 Å². The lowest BCUT2D eigenvalue weighted by atomic mass is 10.5. The van der Waals surface area contributed by atoms with E-state index in [1.165, 1.54) is 11.8 Å². The minimum Gasteiger partial charge on any atom is -0.415 e. The minimum absolute atomic E-state index is 0.330. The van der Waals surface area contributed by atoms with Crippen molar-refractivity contribution in [3.63, 3.8) is 0 Å². The number of primary amides is 1. The Morgan fingerprint density at radius 1 is 1.42 bits per heavy atom. The summed E-state index contributed by atoms with van der Waals surface area (Å²) in [6.45, 7) is 1.68. The van der Waals surface area contributed by atoms with Crippen LogP contribution in [0, 0.1) is 0 Å². The molecule has 19 heavy (non-hydrogen) atoms. The smallest absolute Gasteiger partial charge is 0.277 e. The van der Waals surface area contributed by atoms with E-state index in [0.29, 0.717) is 22.0 Å². The maximum atomic E-state index is 10.9. The highest BCUT2D eigenvalue weighted by Crippen LogP contribution is 2.24. The highest BCUT2D eigenvalue weighted by atomic mass is 32.2. The molecule has 0 aliphatic heterocycles. The number of carbonyl (C=O) groups is 1. The summed E-state index contributed by atoms with van der Waals surface area (Å²) in [6.07, 6.45) is 3.33. The summed E-state index contributed by atoms with van der Waals surface area (Å²) in [7, 11) is 0. The van der Waals surface area contributed by atoms with Crippen molar-refractivity contribution in [2.75, 3.05) is 0 Å². The molecule has 0 saturated carbocycles. The summed E-state index contributed by atoms with van der Waals surface area (Å²) in [6, 6.07) is 1.75. The molecule has 0 saturated heterocycles. The molecule has 7 nitrogen and oxygen atoms in total. The second-order valence-corrected chi connectivity index (χ2v) is 5.68. The van der Waals surface area contributed by atoms with Crippen molar-refractivity contribution < 1.29 is 9.21 Å². The number of hydrogen-bond donors (Lipinski definition) is 1. The molecule has 0 bridgehead atoms. The molecule has 2 N–H and O–H groups in total. The molecule has 1 amide bonds. The fraction of sp³-hybridized carbons (Fsp3) is 0.300. The molecule has 9 heteroatoms. The maximum absolute atomic E-state index is 10.9. The van der Waals surface area contributed by atoms with Gasteiger partial charge in [0.2, 0.25) is 11.8 Å². The molecule has 0 radical (unpaired) electrons. The van der Waals surface area contributed by atoms with Crippen molar-refractivity contribution in [2.24, 2.45) is 5.73 Å². The van der Waals surface area contributed by atoms with Gasteiger partial charge in [0.1, 0.15) is 0 Å². The van der Waals surface area contributed by atoms with Gasteiger partial charge in [-0.25, -0.2) is 9.97 Å². The Hall–Kier alpha value is -1.61. The topological polar surface area (TPSA) is 108 Å². The second-order valence-electron chi connectivity index (χ2n) is 3.44. The SMILES string of the molecule is CC(Sc1nnc(CSc2ncccn2)o1)C(N)=O. The Labute approximate surface area is 117 Å². The van der Waals surface area contributed by atoms with Gasteiger partial charge in [0, 0.05) is 12.4 Å². The van der Waals surface area contributed by atoms with Gasteiger partial charge in [-0.05, 0) is 13.0 Å². The van der Waals surface area contributed by atoms with Crippen LogP contribution in [0.4, 0.5) is 0 Å². The zero-order chi connectivity index (χ0) is 13.7. The Morgan fingerprint density at radius 2 is 2.16 bits per heavy atom. The molecule has 0 fully saturated rings. The van der Waals surface area contributed by atoms with Gasteiger partial charge in [-0.2, -0.15) is 0 Å². The van der Waals surface area contributed by atoms with Crippen LogP contribution in [-0.2, 0) is 10.5 Å². The normalized spacial score (nSPS) is 12.3. The van der Waals surface area contributed by atoms with Crippen molar-refractivity contribution in [3.8, 4) is 0 Å². The number of carbonyl (C=O) groups excluding carboxylic acids is 1. The quantitative estimate of drug-likeness (QED) is 0.624. The molecule has 2 aromatic rings. The Morgan fingerprint density at radius 3 is 2.84 bits per heavy atom. The number of thioether (sulfide) groups is 2. The number of nitrogens with zero attached hydrogens (tertiary/aromatic N) is 4. The van der Waals surface area contributed by atoms with E-state index in [2.05, 4.69) is 20.2 Å². The van der Waals surface area contributed by atoms with Crippen molar-refractivity contribution in [1.29, 1.82) is 0 Å². The molecule has 0 aliphatic rings. The highest BCUT2D eigenvalue weighted by Gasteiger charge is 2.15. The summed E-state index contributed by atoms with van der Waals surface area (Å²) in [5, 5.41) is 8.28. The van der Waals surface area contributed by atoms with Gasteiger partial charge in [-0.1, -0.05) is 23.5 Å². The van der Waals surface area contributed by atoms with E-state index in [1.54, 1.807) is 25.4 Å². The van der Waals surface area contributed by atoms with Gasteiger partial charge in [0.15, 0.2) is 5.16 Å². The van der Waals surface area contributed by atoms with Crippen molar-refractivity contribution in [3.05, 3.63) is 24.4 Å². The van der Waals surface area contributed by atoms with Crippen LogP contribution in [-0.4, -0.2) is 31.3 Å². The molecular formula is C10H11N5O2S2. The fourth-order valence-electron chi connectivity index (χ4n) is 1.04. The van der Waals surface area contributed by atoms with Crippen LogP contribution in [0.15, 0.2) is 33.3 Å². The van der Waals surface area contributed by atoms with E-state index < -0.39 is 11.2 Å². The van der Waals surface area contributed by atoms with E-state index >= 15 is 0 Å². The molecule has 1 atom stereocenters. The third-order valence-electron chi connectivity index (χ3n) is 1.99. The standard InChI is InChI=1S/C10H11N5O2S2/c1-6(8(11)16)19-10-15-14-7(17-10)5-18-9-12-3-2-4-13-9/h2-4,6H,5H2,1H3,(H2,11,16). The Bertz CT molecular complexity index is 548. The van der Waals surface area contributed by atoms with E-state index in [0.717, 1.165) is 11.8 Å². The van der Waals surface area contributed by atoms with Crippen LogP contribution in [0.25, 0.3) is 0 Å². The second kappa shape index (κ2) is 6.53. The first kappa shape index (κ1) is 13.8. The molecule has 100 valence electrons. The monoisotopic (exact) mass is 297 g/mol. The zero-order valence-corrected chi connectivity index (χ0v) is 11.6. The summed E-state index contributed by atoms with van der Waals surface area (Å²) >= 11 is 2.53. The molecular weight excluding hydrogens is 286 g/mol. The van der Waals surface area contributed by atoms with Gasteiger partial charge in [0.25, 0.3) is 5.22 Å². The zero-order valence-electron chi connectivity index (χ0n) is 10.0. The van der Waals surface area contributed by atoms with Gasteiger partial charge in [-0.15, -0.1) is 10.2 Å². The summed E-state index contributed by atoms with van der Waals surface area (Å²) in [5.74, 6) is 0.510. The van der Waals surface area contributed by atoms with E-state index in [-0.39, 0.29) is 0 Å². The molecule has 0 spiro atoms. The lowest BCUT2D eigenvalue weighted by Crippen LogP contribution is -2.22. The number of rotatable bonds is 6. The number of amides is 1. The summed E-state index contributed by atoms with van der Waals surface area (Å²) in [4.78, 5) is 19.0. The van der Waals surface area contributed by atoms with Crippen molar-refractivity contribution in [1.82, 2.24) is 20.2 Å². The maximum Gasteiger partial charge on any atom is 0.277 e. The Balaban J connectivity index is 1.89. The predicted molar refractivity (Wildman–Crippen MR) is 70.4 cm³/mol. The average molecular weight is 297 g/mol. The molecule has 2 heterocycles. The third-order valence-corrected chi connectivity index (χ3v) is 3.81. The fourth-order valence-corrected chi connectivity index (χ4v) is 2.33. The van der Waals surface area contributed by atoms with Crippen LogP contribution < -0.4 is 5.73 Å². The number of aromatic nitrogens is 4. The number of hydrogen-bond acceptors (Lipinski definition) is 8. The van der Waals surface area contributed by atoms with Crippen molar-refractivity contribution >= 4 is 29.4 Å². The molecule has 2 aromatic heterocycles. The van der Waals surface area contributed by atoms with Gasteiger partial charge < -0.3 is 10.2 Å². The summed E-state index contributed by atoms with van der Waals surface area (Å²) < 4.78 is 5.38. The lowest BCUT2D eigenvalue weighted by molar-refractivity contribution is -0.117. The van der Waals surface area contributed by atoms with E-state index in [1.807, 2.05) is 0 Å². The van der Waals surface area contributed by atoms with Gasteiger partial charge >= 0.3 is 0 Å². The van der Waals surface area contributed by atoms with Gasteiger partial charge in [0.05, 0.1) is 11.0 Å². The molecule has 1 unspecified atom stereocenters. The lowest BCUT2D eigenvalue weighted by Gasteiger charge is -2.00. The minimum atomic E-state index is -0.420. The van der Waals surface area contributed by atoms with Crippen molar-refractivity contribution in [2.45, 2.75) is 28.3 Å². The number of nitrogens with two attached hydrogens (primary N) is 1. The largest absolute Gasteiger partial charge is 0.415 e. The predicted octanol–water partition coefficient (Wildman–Crippen LogP) is 1.12. The highest BCUT2D eigenvalue weighted by molar-refractivity contribution is 8.00. The third kappa shape index (κ3) is 4.21. The van der Waals surface area contributed by atoms with Crippen LogP contribution in [0.2, 0.25) is 0 Å². The summed E-state index contributed by atoms with van der Waals surface area (Å²) in [5.41, 5.74) is 5.16. The first-order valence-electron chi connectivity index (χ1n) is 5.33. The average Bonchev–Trinajstić information content (AvgIpc) is 2.85. The van der Waals surface area contributed by atoms with Crippen LogP contribution in [0.5, 0.6) is 0 Å². The van der Waals surface area contributed by atoms with Crippen LogP contribution in [0.1, 0.15) is 12.8 Å². The molecule has 0 aliphatic carbocycles. The first-order valence-corrected chi connectivity index (χ1v) is 7.20. The van der Waals surface area contributed by atoms with Crippen LogP contribution in [0.3, 0.4) is 0 Å². The van der Waals surface area contributed by atoms with Gasteiger partial charge in [-0.3, -0.25) is 4.79 Å². The van der Waals surface area contributed by atoms with E-state index in [9.17, 15) is 4.79 Å². The molecule has 0 aromatic carbocycles. The molecule has 2 rings (SSSR count). The Kier molecular flexibility index (Phi) is 4.74. The first-order chi connectivity index (χ1) is 9.15.